The molecule has 0 aliphatic heterocycles. The Balaban J connectivity index is 1.57. The largest absolute Gasteiger partial charge is 0.490 e. The van der Waals surface area contributed by atoms with Gasteiger partial charge in [-0.25, -0.2) is 0 Å². The first-order valence-corrected chi connectivity index (χ1v) is 9.38. The molecule has 0 aliphatic carbocycles. The quantitative estimate of drug-likeness (QED) is 0.489. The van der Waals surface area contributed by atoms with Gasteiger partial charge >= 0.3 is 0 Å². The molecule has 0 atom stereocenters. The zero-order valence-electron chi connectivity index (χ0n) is 15.0. The predicted octanol–water partition coefficient (Wildman–Crippen LogP) is 5.18. The third-order valence-electron chi connectivity index (χ3n) is 3.98. The van der Waals surface area contributed by atoms with E-state index in [9.17, 15) is 4.79 Å². The van der Waals surface area contributed by atoms with Crippen LogP contribution in [0.2, 0.25) is 0 Å². The summed E-state index contributed by atoms with van der Waals surface area (Å²) in [6, 6.07) is 24.5. The van der Waals surface area contributed by atoms with Crippen molar-refractivity contribution in [3.05, 3.63) is 88.9 Å². The first-order valence-electron chi connectivity index (χ1n) is 8.58. The molecule has 0 N–H and O–H groups in total. The number of anilines is 1. The maximum Gasteiger partial charge on any atom is 0.258 e. The van der Waals surface area contributed by atoms with Gasteiger partial charge in [0.05, 0.1) is 4.47 Å². The molecule has 5 heteroatoms. The molecular weight excluding hydrogens is 406 g/mol. The molecular formula is C22H20BrNO3. The third kappa shape index (κ3) is 5.11. The molecule has 0 bridgehead atoms. The minimum absolute atomic E-state index is 0.0825. The van der Waals surface area contributed by atoms with Gasteiger partial charge in [-0.05, 0) is 58.4 Å². The van der Waals surface area contributed by atoms with Crippen molar-refractivity contribution < 1.29 is 14.3 Å². The van der Waals surface area contributed by atoms with Crippen LogP contribution in [0.25, 0.3) is 0 Å². The normalized spacial score (nSPS) is 10.3. The van der Waals surface area contributed by atoms with E-state index in [-0.39, 0.29) is 5.91 Å². The van der Waals surface area contributed by atoms with E-state index < -0.39 is 0 Å². The summed E-state index contributed by atoms with van der Waals surface area (Å²) in [5, 5.41) is 0. The molecule has 3 rings (SSSR count). The standard InChI is InChI=1S/C22H20BrNO3/c1-24(18-8-4-2-5-9-18)22(25)17-12-13-21(20(23)16-17)27-15-14-26-19-10-6-3-7-11-19/h2-13,16H,14-15H2,1H3. The summed E-state index contributed by atoms with van der Waals surface area (Å²) in [5.74, 6) is 1.40. The van der Waals surface area contributed by atoms with Crippen molar-refractivity contribution in [2.24, 2.45) is 0 Å². The van der Waals surface area contributed by atoms with Crippen molar-refractivity contribution in [1.82, 2.24) is 0 Å². The zero-order chi connectivity index (χ0) is 19.1. The van der Waals surface area contributed by atoms with Gasteiger partial charge in [0.15, 0.2) is 0 Å². The van der Waals surface area contributed by atoms with Gasteiger partial charge in [0.2, 0.25) is 0 Å². The first-order chi connectivity index (χ1) is 13.1. The highest BCUT2D eigenvalue weighted by molar-refractivity contribution is 9.10. The van der Waals surface area contributed by atoms with Gasteiger partial charge in [-0.1, -0.05) is 36.4 Å². The van der Waals surface area contributed by atoms with E-state index in [1.165, 1.54) is 0 Å². The van der Waals surface area contributed by atoms with Crippen LogP contribution in [0.4, 0.5) is 5.69 Å². The van der Waals surface area contributed by atoms with Crippen molar-refractivity contribution in [3.8, 4) is 11.5 Å². The molecule has 0 saturated heterocycles. The van der Waals surface area contributed by atoms with Gasteiger partial charge in [0.25, 0.3) is 5.91 Å². The van der Waals surface area contributed by atoms with Crippen LogP contribution in [-0.2, 0) is 0 Å². The number of hydrogen-bond acceptors (Lipinski definition) is 3. The summed E-state index contributed by atoms with van der Waals surface area (Å²) in [5.41, 5.74) is 1.43. The number of benzene rings is 3. The molecule has 0 radical (unpaired) electrons. The lowest BCUT2D eigenvalue weighted by Crippen LogP contribution is -2.26. The number of carbonyl (C=O) groups excluding carboxylic acids is 1. The average Bonchev–Trinajstić information content (AvgIpc) is 2.72. The summed E-state index contributed by atoms with van der Waals surface area (Å²) >= 11 is 3.48. The van der Waals surface area contributed by atoms with Crippen LogP contribution >= 0.6 is 15.9 Å². The van der Waals surface area contributed by atoms with Gasteiger partial charge in [-0.15, -0.1) is 0 Å². The Morgan fingerprint density at radius 2 is 1.52 bits per heavy atom. The number of rotatable bonds is 7. The van der Waals surface area contributed by atoms with Gasteiger partial charge in [0, 0.05) is 18.3 Å². The Hall–Kier alpha value is -2.79. The fourth-order valence-corrected chi connectivity index (χ4v) is 3.03. The van der Waals surface area contributed by atoms with Gasteiger partial charge in [0.1, 0.15) is 24.7 Å². The number of carbonyl (C=O) groups is 1. The fourth-order valence-electron chi connectivity index (χ4n) is 2.54. The van der Waals surface area contributed by atoms with Crippen molar-refractivity contribution in [3.63, 3.8) is 0 Å². The lowest BCUT2D eigenvalue weighted by molar-refractivity contribution is 0.0993. The second-order valence-corrected chi connectivity index (χ2v) is 6.71. The number of halogens is 1. The number of ether oxygens (including phenoxy) is 2. The molecule has 4 nitrogen and oxygen atoms in total. The number of para-hydroxylation sites is 2. The van der Waals surface area contributed by atoms with E-state index in [0.717, 1.165) is 15.9 Å². The highest BCUT2D eigenvalue weighted by atomic mass is 79.9. The predicted molar refractivity (Wildman–Crippen MR) is 111 cm³/mol. The van der Waals surface area contributed by atoms with Gasteiger partial charge in [-0.3, -0.25) is 4.79 Å². The van der Waals surface area contributed by atoms with Crippen LogP contribution in [0.3, 0.4) is 0 Å². The summed E-state index contributed by atoms with van der Waals surface area (Å²) in [4.78, 5) is 14.3. The van der Waals surface area contributed by atoms with Crippen LogP contribution in [0, 0.1) is 0 Å². The van der Waals surface area contributed by atoms with Crippen LogP contribution in [0.15, 0.2) is 83.3 Å². The topological polar surface area (TPSA) is 38.8 Å². The first kappa shape index (κ1) is 19.0. The molecule has 27 heavy (non-hydrogen) atoms. The van der Waals surface area contributed by atoms with E-state index in [1.54, 1.807) is 30.1 Å². The third-order valence-corrected chi connectivity index (χ3v) is 4.60. The maximum absolute atomic E-state index is 12.7. The van der Waals surface area contributed by atoms with Crippen molar-refractivity contribution in [1.29, 1.82) is 0 Å². The minimum Gasteiger partial charge on any atom is -0.490 e. The fraction of sp³-hybridized carbons (Fsp3) is 0.136. The van der Waals surface area contributed by atoms with Gasteiger partial charge < -0.3 is 14.4 Å². The lowest BCUT2D eigenvalue weighted by Gasteiger charge is -2.18. The molecule has 3 aromatic rings. The molecule has 3 aromatic carbocycles. The number of hydrogen-bond donors (Lipinski definition) is 0. The van der Waals surface area contributed by atoms with Gasteiger partial charge in [-0.2, -0.15) is 0 Å². The summed E-state index contributed by atoms with van der Waals surface area (Å²) < 4.78 is 12.1. The molecule has 0 saturated carbocycles. The Bertz CT molecular complexity index is 885. The van der Waals surface area contributed by atoms with Crippen molar-refractivity contribution in [2.75, 3.05) is 25.2 Å². The van der Waals surface area contributed by atoms with Crippen molar-refractivity contribution >= 4 is 27.5 Å². The van der Waals surface area contributed by atoms with E-state index in [1.807, 2.05) is 60.7 Å². The highest BCUT2D eigenvalue weighted by Gasteiger charge is 2.15. The van der Waals surface area contributed by atoms with Crippen molar-refractivity contribution in [2.45, 2.75) is 0 Å². The SMILES string of the molecule is CN(C(=O)c1ccc(OCCOc2ccccc2)c(Br)c1)c1ccccc1. The smallest absolute Gasteiger partial charge is 0.258 e. The monoisotopic (exact) mass is 425 g/mol. The van der Waals surface area contributed by atoms with E-state index in [2.05, 4.69) is 15.9 Å². The highest BCUT2D eigenvalue weighted by Crippen LogP contribution is 2.27. The Labute approximate surface area is 167 Å². The van der Waals surface area contributed by atoms with E-state index in [4.69, 9.17) is 9.47 Å². The Morgan fingerprint density at radius 1 is 0.889 bits per heavy atom. The number of nitrogens with zero attached hydrogens (tertiary/aromatic N) is 1. The molecule has 0 aliphatic rings. The second kappa shape index (κ2) is 9.24. The molecule has 0 heterocycles. The summed E-state index contributed by atoms with van der Waals surface area (Å²) in [6.07, 6.45) is 0. The Morgan fingerprint density at radius 3 is 2.19 bits per heavy atom. The molecule has 1 amide bonds. The molecule has 0 spiro atoms. The van der Waals surface area contributed by atoms with Crippen LogP contribution in [0.1, 0.15) is 10.4 Å². The maximum atomic E-state index is 12.7. The van der Waals surface area contributed by atoms with E-state index >= 15 is 0 Å². The molecule has 0 aromatic heterocycles. The summed E-state index contributed by atoms with van der Waals surface area (Å²) in [7, 11) is 1.76. The lowest BCUT2D eigenvalue weighted by atomic mass is 10.2. The average molecular weight is 426 g/mol. The van der Waals surface area contributed by atoms with Crippen LogP contribution in [0.5, 0.6) is 11.5 Å². The van der Waals surface area contributed by atoms with Crippen LogP contribution < -0.4 is 14.4 Å². The second-order valence-electron chi connectivity index (χ2n) is 5.85. The molecule has 0 unspecified atom stereocenters. The van der Waals surface area contributed by atoms with Crippen LogP contribution in [-0.4, -0.2) is 26.2 Å². The zero-order valence-corrected chi connectivity index (χ0v) is 16.6. The number of amides is 1. The summed E-state index contributed by atoms with van der Waals surface area (Å²) in [6.45, 7) is 0.846. The Kier molecular flexibility index (Phi) is 6.49. The molecule has 0 fully saturated rings. The molecule has 138 valence electrons. The minimum atomic E-state index is -0.0825. The van der Waals surface area contributed by atoms with E-state index in [0.29, 0.717) is 24.5 Å².